The second-order valence-corrected chi connectivity index (χ2v) is 7.77. The zero-order chi connectivity index (χ0) is 24.4. The molecule has 0 bridgehead atoms. The highest BCUT2D eigenvalue weighted by atomic mass is 16.6. The van der Waals surface area contributed by atoms with E-state index in [4.69, 9.17) is 18.9 Å². The number of carbonyl (C=O) groups is 4. The van der Waals surface area contributed by atoms with Crippen LogP contribution in [0, 0.1) is 0 Å². The second kappa shape index (κ2) is 12.6. The fourth-order valence-corrected chi connectivity index (χ4v) is 2.98. The summed E-state index contributed by atoms with van der Waals surface area (Å²) in [4.78, 5) is 51.5. The van der Waals surface area contributed by atoms with Gasteiger partial charge in [0.15, 0.2) is 6.10 Å². The Bertz CT molecular complexity index is 982. The highest BCUT2D eigenvalue weighted by Gasteiger charge is 2.18. The summed E-state index contributed by atoms with van der Waals surface area (Å²) in [5.41, 5.74) is 2.07. The average molecular weight is 462 g/mol. The van der Waals surface area contributed by atoms with Crippen molar-refractivity contribution in [2.75, 3.05) is 33.9 Å². The maximum Gasteiger partial charge on any atom is 0.311 e. The van der Waals surface area contributed by atoms with E-state index in [2.05, 4.69) is 9.88 Å². The van der Waals surface area contributed by atoms with Gasteiger partial charge < -0.3 is 28.8 Å². The molecule has 0 amide bonds. The summed E-state index contributed by atoms with van der Waals surface area (Å²) in [6.07, 6.45) is 1.49. The molecule has 0 aliphatic carbocycles. The molecule has 1 aromatic carbocycles. The van der Waals surface area contributed by atoms with Crippen LogP contribution in [0.1, 0.15) is 32.3 Å². The Kier molecular flexibility index (Phi) is 9.86. The number of rotatable bonds is 12. The summed E-state index contributed by atoms with van der Waals surface area (Å²) in [7, 11) is 4.01. The van der Waals surface area contributed by atoms with Crippen molar-refractivity contribution in [3.63, 3.8) is 0 Å². The van der Waals surface area contributed by atoms with Gasteiger partial charge in [0.2, 0.25) is 0 Å². The minimum absolute atomic E-state index is 0.181. The summed E-state index contributed by atoms with van der Waals surface area (Å²) < 4.78 is 20.1. The van der Waals surface area contributed by atoms with Crippen molar-refractivity contribution in [3.8, 4) is 5.75 Å². The second-order valence-electron chi connectivity index (χ2n) is 7.77. The number of hydrogen-bond acceptors (Lipinski definition) is 9. The number of benzene rings is 1. The number of fused-ring (bicyclic) bond motifs is 1. The van der Waals surface area contributed by atoms with Crippen LogP contribution in [0.5, 0.6) is 5.75 Å². The van der Waals surface area contributed by atoms with E-state index in [-0.39, 0.29) is 26.1 Å². The number of hydrogen-bond donors (Lipinski definition) is 1. The van der Waals surface area contributed by atoms with Crippen LogP contribution in [-0.4, -0.2) is 73.7 Å². The molecule has 0 aliphatic heterocycles. The molecule has 1 aromatic heterocycles. The van der Waals surface area contributed by atoms with Gasteiger partial charge in [0.25, 0.3) is 0 Å². The van der Waals surface area contributed by atoms with Gasteiger partial charge in [-0.05, 0) is 44.3 Å². The lowest BCUT2D eigenvalue weighted by Crippen LogP contribution is -2.29. The van der Waals surface area contributed by atoms with Gasteiger partial charge in [0, 0.05) is 37.5 Å². The predicted octanol–water partition coefficient (Wildman–Crippen LogP) is 2.00. The summed E-state index contributed by atoms with van der Waals surface area (Å²) in [5.74, 6) is -2.00. The van der Waals surface area contributed by atoms with E-state index in [9.17, 15) is 19.2 Å². The number of nitrogens with zero attached hydrogens (tertiary/aromatic N) is 1. The topological polar surface area (TPSA) is 124 Å². The van der Waals surface area contributed by atoms with Gasteiger partial charge in [0.1, 0.15) is 19.0 Å². The van der Waals surface area contributed by atoms with Gasteiger partial charge in [-0.15, -0.1) is 0 Å². The number of likely N-dealkylation sites (N-methyl/N-ethyl adjacent to an activating group) is 1. The van der Waals surface area contributed by atoms with Crippen molar-refractivity contribution in [2.24, 2.45) is 0 Å². The smallest absolute Gasteiger partial charge is 0.311 e. The Hall–Kier alpha value is -3.40. The quantitative estimate of drug-likeness (QED) is 0.286. The summed E-state index contributed by atoms with van der Waals surface area (Å²) in [6.45, 7) is 2.76. The zero-order valence-corrected chi connectivity index (χ0v) is 19.3. The molecule has 0 saturated carbocycles. The molecular formula is C23H30N2O8. The number of aromatic amines is 1. The third-order valence-corrected chi connectivity index (χ3v) is 4.57. The minimum Gasteiger partial charge on any atom is -0.462 e. The van der Waals surface area contributed by atoms with E-state index in [0.717, 1.165) is 29.4 Å². The van der Waals surface area contributed by atoms with Crippen LogP contribution >= 0.6 is 0 Å². The van der Waals surface area contributed by atoms with Crippen LogP contribution in [0.3, 0.4) is 0 Å². The highest BCUT2D eigenvalue weighted by Crippen LogP contribution is 2.24. The van der Waals surface area contributed by atoms with E-state index in [0.29, 0.717) is 5.75 Å². The summed E-state index contributed by atoms with van der Waals surface area (Å²) >= 11 is 0. The number of nitrogens with one attached hydrogen (secondary N) is 1. The molecule has 1 unspecified atom stereocenters. The molecule has 2 rings (SSSR count). The monoisotopic (exact) mass is 462 g/mol. The first-order valence-electron chi connectivity index (χ1n) is 10.6. The lowest BCUT2D eigenvalue weighted by atomic mass is 10.1. The molecule has 180 valence electrons. The van der Waals surface area contributed by atoms with Crippen LogP contribution in [0.15, 0.2) is 24.4 Å². The van der Waals surface area contributed by atoms with Crippen molar-refractivity contribution in [1.82, 2.24) is 9.88 Å². The molecule has 1 atom stereocenters. The van der Waals surface area contributed by atoms with E-state index >= 15 is 0 Å². The molecular weight excluding hydrogens is 432 g/mol. The molecule has 0 radical (unpaired) electrons. The summed E-state index contributed by atoms with van der Waals surface area (Å²) in [6, 6.07) is 5.32. The minimum atomic E-state index is -0.919. The first kappa shape index (κ1) is 25.9. The normalized spacial score (nSPS) is 11.8. The molecule has 1 heterocycles. The standard InChI is InChI=1S/C23H30N2O8/c1-15(26)30-13-19(32-16(2)27)14-31-22(28)7-8-23(29)33-18-5-6-21-20(11-18)17(12-24-21)9-10-25(3)4/h5-6,11-12,19,24H,7-10,13-14H2,1-4H3. The van der Waals surface area contributed by atoms with Gasteiger partial charge in [0.05, 0.1) is 12.8 Å². The Morgan fingerprint density at radius 2 is 1.67 bits per heavy atom. The van der Waals surface area contributed by atoms with Gasteiger partial charge in [-0.2, -0.15) is 0 Å². The van der Waals surface area contributed by atoms with Crippen LogP contribution in [-0.2, 0) is 39.8 Å². The predicted molar refractivity (Wildman–Crippen MR) is 119 cm³/mol. The third-order valence-electron chi connectivity index (χ3n) is 4.57. The number of esters is 4. The van der Waals surface area contributed by atoms with Crippen LogP contribution in [0.2, 0.25) is 0 Å². The van der Waals surface area contributed by atoms with Gasteiger partial charge in [-0.3, -0.25) is 19.2 Å². The largest absolute Gasteiger partial charge is 0.462 e. The van der Waals surface area contributed by atoms with E-state index < -0.39 is 30.0 Å². The Labute approximate surface area is 192 Å². The molecule has 1 N–H and O–H groups in total. The van der Waals surface area contributed by atoms with E-state index in [1.807, 2.05) is 26.4 Å². The van der Waals surface area contributed by atoms with Crippen molar-refractivity contribution in [1.29, 1.82) is 0 Å². The molecule has 0 aliphatic rings. The van der Waals surface area contributed by atoms with Crippen LogP contribution in [0.4, 0.5) is 0 Å². The Balaban J connectivity index is 1.83. The first-order valence-corrected chi connectivity index (χ1v) is 10.6. The molecule has 2 aromatic rings. The molecule has 33 heavy (non-hydrogen) atoms. The van der Waals surface area contributed by atoms with Crippen molar-refractivity contribution < 1.29 is 38.1 Å². The third kappa shape index (κ3) is 9.32. The number of carbonyl (C=O) groups excluding carboxylic acids is 4. The first-order chi connectivity index (χ1) is 15.6. The van der Waals surface area contributed by atoms with Gasteiger partial charge in [-0.25, -0.2) is 0 Å². The van der Waals surface area contributed by atoms with Crippen LogP contribution in [0.25, 0.3) is 10.9 Å². The lowest BCUT2D eigenvalue weighted by molar-refractivity contribution is -0.165. The average Bonchev–Trinajstić information content (AvgIpc) is 3.14. The van der Waals surface area contributed by atoms with Gasteiger partial charge in [-0.1, -0.05) is 0 Å². The molecule has 0 fully saturated rings. The lowest BCUT2D eigenvalue weighted by Gasteiger charge is -2.16. The highest BCUT2D eigenvalue weighted by molar-refractivity contribution is 5.86. The van der Waals surface area contributed by atoms with Crippen molar-refractivity contribution in [2.45, 2.75) is 39.2 Å². The summed E-state index contributed by atoms with van der Waals surface area (Å²) in [5, 5.41) is 0.978. The molecule has 10 heteroatoms. The Morgan fingerprint density at radius 1 is 0.970 bits per heavy atom. The zero-order valence-electron chi connectivity index (χ0n) is 19.3. The molecule has 0 spiro atoms. The van der Waals surface area contributed by atoms with Crippen molar-refractivity contribution >= 4 is 34.8 Å². The van der Waals surface area contributed by atoms with E-state index in [1.54, 1.807) is 12.1 Å². The van der Waals surface area contributed by atoms with Crippen molar-refractivity contribution in [3.05, 3.63) is 30.0 Å². The fourth-order valence-electron chi connectivity index (χ4n) is 2.98. The number of aromatic nitrogens is 1. The molecule has 0 saturated heterocycles. The van der Waals surface area contributed by atoms with Crippen LogP contribution < -0.4 is 4.74 Å². The Morgan fingerprint density at radius 3 is 2.33 bits per heavy atom. The maximum atomic E-state index is 12.2. The number of H-pyrrole nitrogens is 1. The maximum absolute atomic E-state index is 12.2. The van der Waals surface area contributed by atoms with E-state index in [1.165, 1.54) is 13.8 Å². The number of ether oxygens (including phenoxy) is 4. The SMILES string of the molecule is CC(=O)OCC(COC(=O)CCC(=O)Oc1ccc2[nH]cc(CCN(C)C)c2c1)OC(C)=O. The molecule has 10 nitrogen and oxygen atoms in total. The fraction of sp³-hybridized carbons (Fsp3) is 0.478. The van der Waals surface area contributed by atoms with Gasteiger partial charge >= 0.3 is 23.9 Å².